The van der Waals surface area contributed by atoms with Gasteiger partial charge in [-0.2, -0.15) is 0 Å². The number of aliphatic hydroxyl groups excluding tert-OH is 1. The highest BCUT2D eigenvalue weighted by molar-refractivity contribution is 6.30. The molecule has 0 saturated heterocycles. The lowest BCUT2D eigenvalue weighted by atomic mass is 9.88. The number of aryl methyl sites for hydroxylation is 1. The molecule has 0 aromatic heterocycles. The van der Waals surface area contributed by atoms with Gasteiger partial charge in [0.1, 0.15) is 5.75 Å². The van der Waals surface area contributed by atoms with Crippen molar-refractivity contribution >= 4 is 11.6 Å². The quantitative estimate of drug-likeness (QED) is 0.890. The zero-order chi connectivity index (χ0) is 15.4. The van der Waals surface area contributed by atoms with Crippen LogP contribution >= 0.6 is 11.6 Å². The van der Waals surface area contributed by atoms with Crippen LogP contribution in [0.15, 0.2) is 42.5 Å². The normalized spacial score (nSPS) is 13.8. The standard InChI is InChI=1S/C17H20ClNO2/c1-11-3-4-13(9-16(11)21-2)15(10-19)17(20)12-5-7-14(18)8-6-12/h3-9,15,17,20H,10,19H2,1-2H3. The Kier molecular flexibility index (Phi) is 5.23. The monoisotopic (exact) mass is 305 g/mol. The largest absolute Gasteiger partial charge is 0.496 e. The highest BCUT2D eigenvalue weighted by Gasteiger charge is 2.22. The number of hydrogen-bond donors (Lipinski definition) is 2. The second-order valence-electron chi connectivity index (χ2n) is 5.07. The number of benzene rings is 2. The van der Waals surface area contributed by atoms with Crippen molar-refractivity contribution in [3.63, 3.8) is 0 Å². The van der Waals surface area contributed by atoms with Crippen LogP contribution in [-0.4, -0.2) is 18.8 Å². The Morgan fingerprint density at radius 3 is 2.33 bits per heavy atom. The molecule has 0 bridgehead atoms. The molecule has 2 unspecified atom stereocenters. The minimum Gasteiger partial charge on any atom is -0.496 e. The molecule has 0 aliphatic carbocycles. The lowest BCUT2D eigenvalue weighted by Crippen LogP contribution is -2.20. The highest BCUT2D eigenvalue weighted by atomic mass is 35.5. The molecule has 112 valence electrons. The van der Waals surface area contributed by atoms with E-state index in [-0.39, 0.29) is 5.92 Å². The van der Waals surface area contributed by atoms with E-state index in [0.29, 0.717) is 11.6 Å². The number of halogens is 1. The van der Waals surface area contributed by atoms with E-state index in [2.05, 4.69) is 0 Å². The molecule has 21 heavy (non-hydrogen) atoms. The first kappa shape index (κ1) is 15.8. The second-order valence-corrected chi connectivity index (χ2v) is 5.50. The van der Waals surface area contributed by atoms with Crippen LogP contribution < -0.4 is 10.5 Å². The summed E-state index contributed by atoms with van der Waals surface area (Å²) >= 11 is 5.88. The molecule has 0 aliphatic heterocycles. The molecule has 0 spiro atoms. The summed E-state index contributed by atoms with van der Waals surface area (Å²) in [7, 11) is 1.64. The van der Waals surface area contributed by atoms with E-state index in [0.717, 1.165) is 22.4 Å². The summed E-state index contributed by atoms with van der Waals surface area (Å²) in [6.45, 7) is 2.33. The van der Waals surface area contributed by atoms with Gasteiger partial charge in [0.2, 0.25) is 0 Å². The van der Waals surface area contributed by atoms with Crippen molar-refractivity contribution in [1.29, 1.82) is 0 Å². The number of nitrogens with two attached hydrogens (primary N) is 1. The third-order valence-electron chi connectivity index (χ3n) is 3.71. The highest BCUT2D eigenvalue weighted by Crippen LogP contribution is 2.33. The van der Waals surface area contributed by atoms with Crippen molar-refractivity contribution in [1.82, 2.24) is 0 Å². The van der Waals surface area contributed by atoms with Gasteiger partial charge in [0, 0.05) is 17.5 Å². The molecule has 0 heterocycles. The number of hydrogen-bond acceptors (Lipinski definition) is 3. The Morgan fingerprint density at radius 1 is 1.14 bits per heavy atom. The fourth-order valence-corrected chi connectivity index (χ4v) is 2.53. The van der Waals surface area contributed by atoms with Gasteiger partial charge in [0.25, 0.3) is 0 Å². The number of methoxy groups -OCH3 is 1. The van der Waals surface area contributed by atoms with Crippen LogP contribution in [0.2, 0.25) is 5.02 Å². The van der Waals surface area contributed by atoms with E-state index in [1.807, 2.05) is 37.3 Å². The third kappa shape index (κ3) is 3.56. The number of rotatable bonds is 5. The van der Waals surface area contributed by atoms with E-state index in [4.69, 9.17) is 22.1 Å². The molecule has 0 aliphatic rings. The fraction of sp³-hybridized carbons (Fsp3) is 0.294. The van der Waals surface area contributed by atoms with Gasteiger partial charge in [0.05, 0.1) is 13.2 Å². The smallest absolute Gasteiger partial charge is 0.122 e. The first-order valence-corrected chi connectivity index (χ1v) is 7.22. The zero-order valence-corrected chi connectivity index (χ0v) is 13.0. The molecular weight excluding hydrogens is 286 g/mol. The summed E-state index contributed by atoms with van der Waals surface area (Å²) in [6, 6.07) is 13.1. The fourth-order valence-electron chi connectivity index (χ4n) is 2.41. The predicted octanol–water partition coefficient (Wildman–Crippen LogP) is 3.43. The minimum absolute atomic E-state index is 0.194. The lowest BCUT2D eigenvalue weighted by molar-refractivity contribution is 0.147. The summed E-state index contributed by atoms with van der Waals surface area (Å²) in [5.74, 6) is 0.606. The van der Waals surface area contributed by atoms with Crippen molar-refractivity contribution in [2.24, 2.45) is 5.73 Å². The van der Waals surface area contributed by atoms with Crippen LogP contribution in [0, 0.1) is 6.92 Å². The SMILES string of the molecule is COc1cc(C(CN)C(O)c2ccc(Cl)cc2)ccc1C. The number of aliphatic hydroxyl groups is 1. The maximum atomic E-state index is 10.6. The Labute approximate surface area is 130 Å². The van der Waals surface area contributed by atoms with E-state index in [9.17, 15) is 5.11 Å². The van der Waals surface area contributed by atoms with Crippen molar-refractivity contribution in [3.05, 3.63) is 64.2 Å². The van der Waals surface area contributed by atoms with Gasteiger partial charge in [-0.3, -0.25) is 0 Å². The predicted molar refractivity (Wildman–Crippen MR) is 85.9 cm³/mol. The Bertz CT molecular complexity index is 598. The first-order chi connectivity index (χ1) is 10.1. The van der Waals surface area contributed by atoms with Crippen molar-refractivity contribution in [2.75, 3.05) is 13.7 Å². The van der Waals surface area contributed by atoms with Gasteiger partial charge in [-0.05, 0) is 41.8 Å². The maximum Gasteiger partial charge on any atom is 0.122 e. The molecular formula is C17H20ClNO2. The molecule has 2 aromatic carbocycles. The van der Waals surface area contributed by atoms with Crippen LogP contribution in [0.4, 0.5) is 0 Å². The Balaban J connectivity index is 2.32. The molecule has 0 saturated carbocycles. The van der Waals surface area contributed by atoms with Crippen LogP contribution in [0.3, 0.4) is 0 Å². The molecule has 2 aromatic rings. The van der Waals surface area contributed by atoms with Gasteiger partial charge >= 0.3 is 0 Å². The molecule has 4 heteroatoms. The number of ether oxygens (including phenoxy) is 1. The van der Waals surface area contributed by atoms with Gasteiger partial charge in [0.15, 0.2) is 0 Å². The zero-order valence-electron chi connectivity index (χ0n) is 12.2. The summed E-state index contributed by atoms with van der Waals surface area (Å²) in [5.41, 5.74) is 8.69. The summed E-state index contributed by atoms with van der Waals surface area (Å²) < 4.78 is 5.34. The average Bonchev–Trinajstić information content (AvgIpc) is 2.50. The molecule has 0 fully saturated rings. The van der Waals surface area contributed by atoms with Gasteiger partial charge in [-0.15, -0.1) is 0 Å². The maximum absolute atomic E-state index is 10.6. The van der Waals surface area contributed by atoms with Gasteiger partial charge in [-0.25, -0.2) is 0 Å². The second kappa shape index (κ2) is 6.94. The summed E-state index contributed by atoms with van der Waals surface area (Å²) in [6.07, 6.45) is -0.681. The van der Waals surface area contributed by atoms with Crippen molar-refractivity contribution in [2.45, 2.75) is 18.9 Å². The summed E-state index contributed by atoms with van der Waals surface area (Å²) in [4.78, 5) is 0. The van der Waals surface area contributed by atoms with E-state index >= 15 is 0 Å². The third-order valence-corrected chi connectivity index (χ3v) is 3.96. The molecule has 0 amide bonds. The van der Waals surface area contributed by atoms with Gasteiger partial charge < -0.3 is 15.6 Å². The van der Waals surface area contributed by atoms with Crippen LogP contribution in [-0.2, 0) is 0 Å². The topological polar surface area (TPSA) is 55.5 Å². The Hall–Kier alpha value is -1.55. The minimum atomic E-state index is -0.681. The van der Waals surface area contributed by atoms with Crippen molar-refractivity contribution < 1.29 is 9.84 Å². The van der Waals surface area contributed by atoms with Gasteiger partial charge in [-0.1, -0.05) is 35.9 Å². The lowest BCUT2D eigenvalue weighted by Gasteiger charge is -2.23. The average molecular weight is 306 g/mol. The van der Waals surface area contributed by atoms with Crippen LogP contribution in [0.25, 0.3) is 0 Å². The van der Waals surface area contributed by atoms with Crippen molar-refractivity contribution in [3.8, 4) is 5.75 Å². The molecule has 2 rings (SSSR count). The summed E-state index contributed by atoms with van der Waals surface area (Å²) in [5, 5.41) is 11.2. The van der Waals surface area contributed by atoms with E-state index < -0.39 is 6.10 Å². The van der Waals surface area contributed by atoms with Crippen LogP contribution in [0.1, 0.15) is 28.7 Å². The molecule has 0 radical (unpaired) electrons. The molecule has 3 N–H and O–H groups in total. The van der Waals surface area contributed by atoms with E-state index in [1.165, 1.54) is 0 Å². The van der Waals surface area contributed by atoms with Crippen LogP contribution in [0.5, 0.6) is 5.75 Å². The molecule has 2 atom stereocenters. The van der Waals surface area contributed by atoms with E-state index in [1.54, 1.807) is 19.2 Å². The first-order valence-electron chi connectivity index (χ1n) is 6.85. The molecule has 3 nitrogen and oxygen atoms in total. The Morgan fingerprint density at radius 2 is 1.76 bits per heavy atom.